The molecule has 1 heterocycles. The highest BCUT2D eigenvalue weighted by Gasteiger charge is 2.22. The zero-order valence-electron chi connectivity index (χ0n) is 13.2. The second kappa shape index (κ2) is 8.03. The summed E-state index contributed by atoms with van der Waals surface area (Å²) in [4.78, 5) is 5.38. The van der Waals surface area contributed by atoms with Crippen molar-refractivity contribution in [2.24, 2.45) is 11.7 Å². The molecule has 0 fully saturated rings. The molecule has 1 rings (SSSR count). The van der Waals surface area contributed by atoms with Gasteiger partial charge in [0.05, 0.1) is 0 Å². The Balaban J connectivity index is 2.89. The Hall–Kier alpha value is -0.380. The van der Waals surface area contributed by atoms with Crippen molar-refractivity contribution in [1.29, 1.82) is 0 Å². The predicted molar refractivity (Wildman–Crippen MR) is 86.9 cm³/mol. The third-order valence-corrected chi connectivity index (χ3v) is 5.14. The molecule has 0 amide bonds. The summed E-state index contributed by atoms with van der Waals surface area (Å²) < 4.78 is 0. The van der Waals surface area contributed by atoms with Gasteiger partial charge in [0.2, 0.25) is 0 Å². The molecular weight excluding hydrogens is 252 g/mol. The van der Waals surface area contributed by atoms with E-state index in [1.165, 1.54) is 34.7 Å². The molecule has 1 aromatic heterocycles. The summed E-state index contributed by atoms with van der Waals surface area (Å²) in [6, 6.07) is 2.71. The van der Waals surface area contributed by atoms with E-state index in [1.54, 1.807) is 0 Å². The van der Waals surface area contributed by atoms with Crippen LogP contribution in [0.1, 0.15) is 55.0 Å². The van der Waals surface area contributed by atoms with E-state index in [4.69, 9.17) is 5.73 Å². The van der Waals surface area contributed by atoms with E-state index in [-0.39, 0.29) is 0 Å². The average Bonchev–Trinajstić information content (AvgIpc) is 2.73. The maximum absolute atomic E-state index is 6.08. The second-order valence-corrected chi connectivity index (χ2v) is 6.85. The summed E-state index contributed by atoms with van der Waals surface area (Å²) in [5.74, 6) is 0.786. The number of rotatable bonds is 8. The number of nitrogens with zero attached hydrogens (tertiary/aromatic N) is 1. The summed E-state index contributed by atoms with van der Waals surface area (Å²) in [6.45, 7) is 14.2. The molecule has 0 spiro atoms. The van der Waals surface area contributed by atoms with Crippen molar-refractivity contribution >= 4 is 11.3 Å². The molecule has 1 atom stereocenters. The van der Waals surface area contributed by atoms with Gasteiger partial charge >= 0.3 is 0 Å². The van der Waals surface area contributed by atoms with Crippen LogP contribution >= 0.6 is 11.3 Å². The number of hydrogen-bond acceptors (Lipinski definition) is 3. The quantitative estimate of drug-likeness (QED) is 0.777. The Labute approximate surface area is 123 Å². The van der Waals surface area contributed by atoms with Gasteiger partial charge in [-0.25, -0.2) is 0 Å². The van der Waals surface area contributed by atoms with Crippen molar-refractivity contribution in [2.75, 3.05) is 19.6 Å². The Morgan fingerprint density at radius 1 is 1.21 bits per heavy atom. The number of thiophene rings is 1. The third-order valence-electron chi connectivity index (χ3n) is 4.16. The molecule has 0 saturated carbocycles. The summed E-state index contributed by atoms with van der Waals surface area (Å²) in [7, 11) is 0. The highest BCUT2D eigenvalue weighted by atomic mass is 32.1. The molecule has 0 radical (unpaired) electrons. The van der Waals surface area contributed by atoms with Crippen molar-refractivity contribution in [3.8, 4) is 0 Å². The fourth-order valence-corrected chi connectivity index (χ4v) is 3.79. The van der Waals surface area contributed by atoms with Crippen LogP contribution in [0.5, 0.6) is 0 Å². The minimum Gasteiger partial charge on any atom is -0.329 e. The van der Waals surface area contributed by atoms with E-state index < -0.39 is 0 Å². The van der Waals surface area contributed by atoms with Gasteiger partial charge in [0.15, 0.2) is 0 Å². The zero-order valence-corrected chi connectivity index (χ0v) is 14.0. The monoisotopic (exact) mass is 282 g/mol. The Morgan fingerprint density at radius 3 is 2.21 bits per heavy atom. The van der Waals surface area contributed by atoms with Crippen molar-refractivity contribution in [1.82, 2.24) is 4.90 Å². The van der Waals surface area contributed by atoms with Gasteiger partial charge in [-0.1, -0.05) is 33.6 Å². The Morgan fingerprint density at radius 2 is 1.84 bits per heavy atom. The molecule has 0 bridgehead atoms. The van der Waals surface area contributed by atoms with Crippen LogP contribution in [-0.4, -0.2) is 24.5 Å². The first-order chi connectivity index (χ1) is 9.07. The van der Waals surface area contributed by atoms with Crippen LogP contribution in [0.2, 0.25) is 0 Å². The zero-order chi connectivity index (χ0) is 14.4. The summed E-state index contributed by atoms with van der Waals surface area (Å²) >= 11 is 1.89. The van der Waals surface area contributed by atoms with Gasteiger partial charge in [0, 0.05) is 28.9 Å². The molecule has 0 aromatic carbocycles. The lowest BCUT2D eigenvalue weighted by Crippen LogP contribution is -2.37. The first-order valence-corrected chi connectivity index (χ1v) is 8.39. The number of likely N-dealkylation sites (N-methyl/N-ethyl adjacent to an activating group) is 1. The Bertz CT molecular complexity index is 369. The van der Waals surface area contributed by atoms with E-state index in [9.17, 15) is 0 Å². The smallest absolute Gasteiger partial charge is 0.0481 e. The van der Waals surface area contributed by atoms with E-state index in [0.717, 1.165) is 12.5 Å². The first kappa shape index (κ1) is 16.7. The van der Waals surface area contributed by atoms with Crippen LogP contribution in [0.15, 0.2) is 6.07 Å². The molecule has 0 aliphatic heterocycles. The van der Waals surface area contributed by atoms with E-state index in [0.29, 0.717) is 12.6 Å². The van der Waals surface area contributed by atoms with Crippen LogP contribution < -0.4 is 5.73 Å². The van der Waals surface area contributed by atoms with Crippen LogP contribution in [0, 0.1) is 19.8 Å². The summed E-state index contributed by atoms with van der Waals surface area (Å²) in [6.07, 6.45) is 2.51. The number of nitrogens with two attached hydrogens (primary N) is 1. The highest BCUT2D eigenvalue weighted by molar-refractivity contribution is 7.12. The van der Waals surface area contributed by atoms with Crippen LogP contribution in [0.4, 0.5) is 0 Å². The minimum atomic E-state index is 0.385. The predicted octanol–water partition coefficient (Wildman–Crippen LogP) is 4.12. The fourth-order valence-electron chi connectivity index (χ4n) is 2.81. The summed E-state index contributed by atoms with van der Waals surface area (Å²) in [5, 5.41) is 0. The molecule has 2 N–H and O–H groups in total. The van der Waals surface area contributed by atoms with Crippen molar-refractivity contribution in [3.63, 3.8) is 0 Å². The molecule has 0 saturated heterocycles. The molecule has 1 unspecified atom stereocenters. The van der Waals surface area contributed by atoms with Gasteiger partial charge in [-0.2, -0.15) is 0 Å². The van der Waals surface area contributed by atoms with Gasteiger partial charge in [-0.15, -0.1) is 11.3 Å². The van der Waals surface area contributed by atoms with Crippen molar-refractivity contribution in [3.05, 3.63) is 21.4 Å². The third kappa shape index (κ3) is 4.30. The highest BCUT2D eigenvalue weighted by Crippen LogP contribution is 2.30. The molecule has 110 valence electrons. The molecule has 19 heavy (non-hydrogen) atoms. The average molecular weight is 282 g/mol. The van der Waals surface area contributed by atoms with Gasteiger partial charge in [-0.3, -0.25) is 4.90 Å². The van der Waals surface area contributed by atoms with Gasteiger partial charge in [0.25, 0.3) is 0 Å². The Kier molecular flexibility index (Phi) is 7.05. The topological polar surface area (TPSA) is 29.3 Å². The maximum atomic E-state index is 6.08. The van der Waals surface area contributed by atoms with Gasteiger partial charge in [-0.05, 0) is 37.9 Å². The lowest BCUT2D eigenvalue weighted by molar-refractivity contribution is 0.174. The van der Waals surface area contributed by atoms with E-state index in [1.807, 2.05) is 11.3 Å². The van der Waals surface area contributed by atoms with Crippen LogP contribution in [0.3, 0.4) is 0 Å². The molecule has 3 heteroatoms. The number of aryl methyl sites for hydroxylation is 2. The lowest BCUT2D eigenvalue weighted by Gasteiger charge is -2.33. The number of hydrogen-bond donors (Lipinski definition) is 1. The summed E-state index contributed by atoms with van der Waals surface area (Å²) in [5.41, 5.74) is 7.52. The second-order valence-electron chi connectivity index (χ2n) is 5.39. The normalized spacial score (nSPS) is 13.5. The molecule has 2 nitrogen and oxygen atoms in total. The molecular formula is C16H30N2S. The van der Waals surface area contributed by atoms with Gasteiger partial charge < -0.3 is 5.73 Å². The standard InChI is InChI=1S/C16H30N2S/c1-6-14(7-2)11-18(8-3)16(10-17)15-9-12(4)19-13(15)5/h9,14,16H,6-8,10-11,17H2,1-5H3. The van der Waals surface area contributed by atoms with E-state index in [2.05, 4.69) is 45.6 Å². The minimum absolute atomic E-state index is 0.385. The van der Waals surface area contributed by atoms with Crippen LogP contribution in [-0.2, 0) is 0 Å². The fraction of sp³-hybridized carbons (Fsp3) is 0.750. The van der Waals surface area contributed by atoms with Gasteiger partial charge in [0.1, 0.15) is 0 Å². The van der Waals surface area contributed by atoms with Crippen molar-refractivity contribution < 1.29 is 0 Å². The maximum Gasteiger partial charge on any atom is 0.0481 e. The first-order valence-electron chi connectivity index (χ1n) is 7.58. The molecule has 0 aliphatic rings. The molecule has 0 aliphatic carbocycles. The van der Waals surface area contributed by atoms with Crippen molar-refractivity contribution in [2.45, 2.75) is 53.5 Å². The largest absolute Gasteiger partial charge is 0.329 e. The lowest BCUT2D eigenvalue weighted by atomic mass is 9.99. The van der Waals surface area contributed by atoms with E-state index >= 15 is 0 Å². The SMILES string of the molecule is CCC(CC)CN(CC)C(CN)c1cc(C)sc1C. The van der Waals surface area contributed by atoms with Crippen LogP contribution in [0.25, 0.3) is 0 Å². The molecule has 1 aromatic rings.